The van der Waals surface area contributed by atoms with Gasteiger partial charge in [0.05, 0.1) is 5.03 Å². The molecule has 0 aliphatic rings. The monoisotopic (exact) mass is 383 g/mol. The lowest BCUT2D eigenvalue weighted by Gasteiger charge is -2.21. The van der Waals surface area contributed by atoms with E-state index in [1.54, 1.807) is 19.1 Å². The molecule has 140 valence electrons. The van der Waals surface area contributed by atoms with E-state index in [1.807, 2.05) is 6.92 Å². The average Bonchev–Trinajstić information content (AvgIpc) is 2.96. The van der Waals surface area contributed by atoms with Gasteiger partial charge in [0, 0.05) is 13.0 Å². The number of halogens is 3. The first kappa shape index (κ1) is 19.7. The maximum Gasteiger partial charge on any atom is 0.394 e. The minimum absolute atomic E-state index is 0.0738. The molecular weight excluding hydrogens is 364 g/mol. The molecule has 0 aliphatic carbocycles. The van der Waals surface area contributed by atoms with Gasteiger partial charge in [0.15, 0.2) is 5.82 Å². The predicted octanol–water partition coefficient (Wildman–Crippen LogP) is 4.14. The van der Waals surface area contributed by atoms with Crippen LogP contribution in [0, 0.1) is 0 Å². The second kappa shape index (κ2) is 7.74. The number of nitrogens with two attached hydrogens (primary N) is 1. The molecule has 1 aromatic carbocycles. The van der Waals surface area contributed by atoms with Gasteiger partial charge in [0.2, 0.25) is 5.95 Å². The number of nitrogen functional groups attached to an aromatic ring is 1. The maximum absolute atomic E-state index is 12.9. The van der Waals surface area contributed by atoms with Gasteiger partial charge >= 0.3 is 6.11 Å². The standard InChI is InChI=1S/C17H20ClF2N5O/c1-10(2)14(18)15(25-16(21)22-9-23-25)24-11(3)12-5-7-13(8-6-12)26-17(4,19)20/h5-9,11,24H,1H2,2-4H3,(H2,21,22,23)/b15-14+/t11-/m0/s1. The number of nitrogens with one attached hydrogen (secondary N) is 1. The first-order valence-electron chi connectivity index (χ1n) is 7.73. The van der Waals surface area contributed by atoms with E-state index < -0.39 is 6.11 Å². The first-order valence-corrected chi connectivity index (χ1v) is 8.11. The molecule has 0 fully saturated rings. The van der Waals surface area contributed by atoms with E-state index >= 15 is 0 Å². The Bertz CT molecular complexity index is 811. The van der Waals surface area contributed by atoms with Gasteiger partial charge < -0.3 is 15.8 Å². The molecule has 0 spiro atoms. The Balaban J connectivity index is 2.25. The smallest absolute Gasteiger partial charge is 0.394 e. The van der Waals surface area contributed by atoms with Crippen LogP contribution in [-0.4, -0.2) is 20.9 Å². The molecule has 2 rings (SSSR count). The molecule has 2 aromatic rings. The van der Waals surface area contributed by atoms with Gasteiger partial charge in [-0.2, -0.15) is 23.5 Å². The van der Waals surface area contributed by atoms with E-state index in [9.17, 15) is 8.78 Å². The summed E-state index contributed by atoms with van der Waals surface area (Å²) in [6.07, 6.45) is -1.93. The number of rotatable bonds is 7. The summed E-state index contributed by atoms with van der Waals surface area (Å²) in [5.41, 5.74) is 7.25. The molecule has 0 amide bonds. The molecule has 0 radical (unpaired) electrons. The van der Waals surface area contributed by atoms with Crippen LogP contribution in [0.1, 0.15) is 32.4 Å². The third-order valence-corrected chi connectivity index (χ3v) is 3.90. The molecule has 0 saturated heterocycles. The van der Waals surface area contributed by atoms with Crippen molar-refractivity contribution in [2.45, 2.75) is 32.9 Å². The van der Waals surface area contributed by atoms with Crippen LogP contribution >= 0.6 is 11.6 Å². The number of alkyl halides is 2. The topological polar surface area (TPSA) is 78.0 Å². The summed E-state index contributed by atoms with van der Waals surface area (Å²) in [5, 5.41) is 7.60. The SMILES string of the molecule is C=C(C)/C(Cl)=C(/N[C@@H](C)c1ccc(OC(C)(F)F)cc1)n1ncnc1N. The summed E-state index contributed by atoms with van der Waals surface area (Å²) >= 11 is 6.34. The van der Waals surface area contributed by atoms with Crippen molar-refractivity contribution in [1.29, 1.82) is 0 Å². The average molecular weight is 384 g/mol. The fraction of sp³-hybridized carbons (Fsp3) is 0.294. The fourth-order valence-corrected chi connectivity index (χ4v) is 2.30. The van der Waals surface area contributed by atoms with Gasteiger partial charge in [-0.1, -0.05) is 30.3 Å². The Morgan fingerprint density at radius 3 is 2.46 bits per heavy atom. The quantitative estimate of drug-likeness (QED) is 0.702. The Morgan fingerprint density at radius 1 is 1.38 bits per heavy atom. The van der Waals surface area contributed by atoms with Gasteiger partial charge in [-0.25, -0.2) is 0 Å². The Hall–Kier alpha value is -2.61. The van der Waals surface area contributed by atoms with E-state index in [-0.39, 0.29) is 17.7 Å². The van der Waals surface area contributed by atoms with Crippen molar-refractivity contribution >= 4 is 23.4 Å². The second-order valence-corrected chi connectivity index (χ2v) is 6.20. The van der Waals surface area contributed by atoms with Crippen LogP contribution in [0.5, 0.6) is 5.75 Å². The van der Waals surface area contributed by atoms with Gasteiger partial charge in [0.25, 0.3) is 0 Å². The van der Waals surface area contributed by atoms with E-state index in [4.69, 9.17) is 17.3 Å². The van der Waals surface area contributed by atoms with Crippen molar-refractivity contribution in [3.8, 4) is 5.75 Å². The predicted molar refractivity (Wildman–Crippen MR) is 97.6 cm³/mol. The number of hydrogen-bond acceptors (Lipinski definition) is 5. The van der Waals surface area contributed by atoms with E-state index in [0.717, 1.165) is 5.56 Å². The van der Waals surface area contributed by atoms with Crippen molar-refractivity contribution in [3.05, 3.63) is 53.3 Å². The highest BCUT2D eigenvalue weighted by Gasteiger charge is 2.23. The molecule has 1 atom stereocenters. The fourth-order valence-electron chi connectivity index (χ4n) is 2.16. The molecule has 3 N–H and O–H groups in total. The number of ether oxygens (including phenoxy) is 1. The Morgan fingerprint density at radius 2 is 2.00 bits per heavy atom. The van der Waals surface area contributed by atoms with Crippen molar-refractivity contribution in [2.75, 3.05) is 5.73 Å². The lowest BCUT2D eigenvalue weighted by Crippen LogP contribution is -2.24. The minimum atomic E-state index is -3.24. The summed E-state index contributed by atoms with van der Waals surface area (Å²) in [6, 6.07) is 6.06. The number of benzene rings is 1. The normalized spacial score (nSPS) is 13.8. The molecule has 0 bridgehead atoms. The van der Waals surface area contributed by atoms with Gasteiger partial charge in [-0.15, -0.1) is 0 Å². The molecule has 0 saturated carbocycles. The third kappa shape index (κ3) is 4.95. The summed E-state index contributed by atoms with van der Waals surface area (Å²) in [6.45, 7) is 8.13. The molecule has 0 unspecified atom stereocenters. The zero-order chi connectivity index (χ0) is 19.5. The van der Waals surface area contributed by atoms with Crippen molar-refractivity contribution in [2.24, 2.45) is 0 Å². The summed E-state index contributed by atoms with van der Waals surface area (Å²) in [5.74, 6) is 0.653. The van der Waals surface area contributed by atoms with E-state index in [1.165, 1.54) is 23.1 Å². The lowest BCUT2D eigenvalue weighted by molar-refractivity contribution is -0.158. The van der Waals surface area contributed by atoms with Crippen molar-refractivity contribution in [1.82, 2.24) is 20.1 Å². The van der Waals surface area contributed by atoms with Crippen LogP contribution < -0.4 is 15.8 Å². The Labute approximate surface area is 155 Å². The molecule has 6 nitrogen and oxygen atoms in total. The molecule has 1 heterocycles. The molecule has 9 heteroatoms. The molecule has 0 aliphatic heterocycles. The van der Waals surface area contributed by atoms with Crippen LogP contribution in [-0.2, 0) is 0 Å². The zero-order valence-electron chi connectivity index (χ0n) is 14.6. The maximum atomic E-state index is 12.9. The highest BCUT2D eigenvalue weighted by Crippen LogP contribution is 2.26. The lowest BCUT2D eigenvalue weighted by atomic mass is 10.1. The number of aromatic nitrogens is 3. The Kier molecular flexibility index (Phi) is 5.86. The number of anilines is 1. The molecule has 1 aromatic heterocycles. The summed E-state index contributed by atoms with van der Waals surface area (Å²) in [4.78, 5) is 3.88. The first-order chi connectivity index (χ1) is 12.1. The third-order valence-electron chi connectivity index (χ3n) is 3.40. The number of hydrogen-bond donors (Lipinski definition) is 2. The van der Waals surface area contributed by atoms with E-state index in [0.29, 0.717) is 23.4 Å². The van der Waals surface area contributed by atoms with Crippen LogP contribution in [0.2, 0.25) is 0 Å². The highest BCUT2D eigenvalue weighted by molar-refractivity contribution is 6.34. The van der Waals surface area contributed by atoms with Gasteiger partial charge in [-0.3, -0.25) is 0 Å². The van der Waals surface area contributed by atoms with Gasteiger partial charge in [-0.05, 0) is 37.1 Å². The number of allylic oxidation sites excluding steroid dienone is 2. The highest BCUT2D eigenvalue weighted by atomic mass is 35.5. The van der Waals surface area contributed by atoms with E-state index in [2.05, 4.69) is 26.7 Å². The van der Waals surface area contributed by atoms with Crippen molar-refractivity contribution in [3.63, 3.8) is 0 Å². The van der Waals surface area contributed by atoms with Crippen molar-refractivity contribution < 1.29 is 13.5 Å². The summed E-state index contributed by atoms with van der Waals surface area (Å²) < 4.78 is 31.7. The zero-order valence-corrected chi connectivity index (χ0v) is 15.4. The minimum Gasteiger partial charge on any atom is -0.433 e. The van der Waals surface area contributed by atoms with Gasteiger partial charge in [0.1, 0.15) is 12.1 Å². The number of nitrogens with zero attached hydrogens (tertiary/aromatic N) is 3. The second-order valence-electron chi connectivity index (χ2n) is 5.82. The van der Waals surface area contributed by atoms with Crippen LogP contribution in [0.15, 0.2) is 47.8 Å². The van der Waals surface area contributed by atoms with Crippen LogP contribution in [0.4, 0.5) is 14.7 Å². The molecule has 26 heavy (non-hydrogen) atoms. The summed E-state index contributed by atoms with van der Waals surface area (Å²) in [7, 11) is 0. The van der Waals surface area contributed by atoms with Crippen LogP contribution in [0.25, 0.3) is 5.82 Å². The largest absolute Gasteiger partial charge is 0.433 e. The van der Waals surface area contributed by atoms with Crippen LogP contribution in [0.3, 0.4) is 0 Å². The molecular formula is C17H20ClF2N5O.